The van der Waals surface area contributed by atoms with Gasteiger partial charge in [0, 0.05) is 6.04 Å². The molecule has 3 heteroatoms. The molecule has 1 aromatic heterocycles. The maximum atomic E-state index is 5.23. The molecule has 0 aliphatic carbocycles. The fourth-order valence-electron chi connectivity index (χ4n) is 1.05. The van der Waals surface area contributed by atoms with Gasteiger partial charge in [0.25, 0.3) is 0 Å². The number of nitrogens with one attached hydrogen (secondary N) is 1. The molecule has 1 aromatic rings. The molecule has 1 heterocycles. The number of halogens is 1. The number of hydrogen-bond donors (Lipinski definition) is 1. The fourth-order valence-corrected chi connectivity index (χ4v) is 1.38. The van der Waals surface area contributed by atoms with Gasteiger partial charge in [0.15, 0.2) is 0 Å². The van der Waals surface area contributed by atoms with E-state index in [1.165, 1.54) is 0 Å². The van der Waals surface area contributed by atoms with Gasteiger partial charge in [-0.15, -0.1) is 0 Å². The maximum Gasteiger partial charge on any atom is 0.140 e. The minimum Gasteiger partial charge on any atom is -0.464 e. The second-order valence-corrected chi connectivity index (χ2v) is 3.69. The van der Waals surface area contributed by atoms with Gasteiger partial charge in [0.1, 0.15) is 5.76 Å². The summed E-state index contributed by atoms with van der Waals surface area (Å²) in [5.74, 6) is 0.866. The number of rotatable bonds is 4. The van der Waals surface area contributed by atoms with Crippen LogP contribution in [0, 0.1) is 0 Å². The van der Waals surface area contributed by atoms with Gasteiger partial charge in [-0.1, -0.05) is 13.0 Å². The molecular formula is C10H14BrNO. The Hall–Kier alpha value is -0.540. The van der Waals surface area contributed by atoms with Crippen LogP contribution < -0.4 is 5.32 Å². The summed E-state index contributed by atoms with van der Waals surface area (Å²) in [5.41, 5.74) is 0. The zero-order chi connectivity index (χ0) is 9.68. The minimum atomic E-state index is 0.377. The maximum absolute atomic E-state index is 5.23. The highest BCUT2D eigenvalue weighted by Crippen LogP contribution is 2.18. The van der Waals surface area contributed by atoms with Gasteiger partial charge in [-0.2, -0.15) is 0 Å². The average Bonchev–Trinajstić information content (AvgIpc) is 2.48. The lowest BCUT2D eigenvalue weighted by atomic mass is 10.3. The molecule has 0 aromatic carbocycles. The third-order valence-corrected chi connectivity index (χ3v) is 2.36. The first-order valence-corrected chi connectivity index (χ1v) is 5.18. The summed E-state index contributed by atoms with van der Waals surface area (Å²) >= 11 is 3.39. The molecule has 0 aliphatic rings. The molecule has 1 unspecified atom stereocenters. The lowest BCUT2D eigenvalue weighted by Crippen LogP contribution is -2.22. The predicted molar refractivity (Wildman–Crippen MR) is 58.6 cm³/mol. The largest absolute Gasteiger partial charge is 0.464 e. The van der Waals surface area contributed by atoms with Crippen molar-refractivity contribution in [1.82, 2.24) is 5.32 Å². The van der Waals surface area contributed by atoms with Crippen LogP contribution in [-0.4, -0.2) is 12.6 Å². The first-order chi connectivity index (χ1) is 6.24. The van der Waals surface area contributed by atoms with E-state index in [2.05, 4.69) is 41.2 Å². The molecule has 0 radical (unpaired) electrons. The Labute approximate surface area is 87.1 Å². The first-order valence-electron chi connectivity index (χ1n) is 4.38. The van der Waals surface area contributed by atoms with Crippen LogP contribution in [0.15, 0.2) is 27.3 Å². The van der Waals surface area contributed by atoms with E-state index in [1.54, 1.807) is 6.26 Å². The number of hydrogen-bond acceptors (Lipinski definition) is 2. The highest BCUT2D eigenvalue weighted by atomic mass is 79.9. The Morgan fingerprint density at radius 2 is 2.46 bits per heavy atom. The van der Waals surface area contributed by atoms with E-state index in [-0.39, 0.29) is 0 Å². The second-order valence-electron chi connectivity index (χ2n) is 2.84. The van der Waals surface area contributed by atoms with Crippen molar-refractivity contribution in [1.29, 1.82) is 0 Å². The summed E-state index contributed by atoms with van der Waals surface area (Å²) in [4.78, 5) is 0. The molecule has 0 bridgehead atoms. The average molecular weight is 244 g/mol. The van der Waals surface area contributed by atoms with Gasteiger partial charge < -0.3 is 9.73 Å². The van der Waals surface area contributed by atoms with Crippen molar-refractivity contribution in [2.75, 3.05) is 6.54 Å². The highest BCUT2D eigenvalue weighted by Gasteiger charge is 1.98. The Kier molecular flexibility index (Phi) is 4.25. The van der Waals surface area contributed by atoms with Gasteiger partial charge in [-0.3, -0.25) is 0 Å². The molecule has 72 valence electrons. The quantitative estimate of drug-likeness (QED) is 0.880. The second kappa shape index (κ2) is 5.25. The summed E-state index contributed by atoms with van der Waals surface area (Å²) in [6.07, 6.45) is 5.71. The summed E-state index contributed by atoms with van der Waals surface area (Å²) in [7, 11) is 0. The smallest absolute Gasteiger partial charge is 0.140 e. The third kappa shape index (κ3) is 3.36. The van der Waals surface area contributed by atoms with Crippen LogP contribution in [0.1, 0.15) is 19.6 Å². The van der Waals surface area contributed by atoms with Crippen molar-refractivity contribution >= 4 is 22.0 Å². The van der Waals surface area contributed by atoms with Gasteiger partial charge >= 0.3 is 0 Å². The first kappa shape index (κ1) is 10.5. The zero-order valence-electron chi connectivity index (χ0n) is 7.88. The lowest BCUT2D eigenvalue weighted by Gasteiger charge is -2.04. The van der Waals surface area contributed by atoms with Crippen molar-refractivity contribution in [3.05, 3.63) is 28.6 Å². The SMILES string of the molecule is CCNC(C)/C=C/c1occc1Br. The standard InChI is InChI=1S/C10H14BrNO/c1-3-12-8(2)4-5-10-9(11)6-7-13-10/h4-8,12H,3H2,1-2H3/b5-4+. The third-order valence-electron chi connectivity index (χ3n) is 1.71. The van der Waals surface area contributed by atoms with Gasteiger partial charge in [0.2, 0.25) is 0 Å². The molecule has 0 aliphatic heterocycles. The number of likely N-dealkylation sites (N-methyl/N-ethyl adjacent to an activating group) is 1. The Balaban J connectivity index is 2.53. The molecule has 0 spiro atoms. The fraction of sp³-hybridized carbons (Fsp3) is 0.400. The molecule has 0 saturated carbocycles. The van der Waals surface area contributed by atoms with E-state index in [0.717, 1.165) is 16.8 Å². The molecular weight excluding hydrogens is 230 g/mol. The van der Waals surface area contributed by atoms with Gasteiger partial charge in [-0.25, -0.2) is 0 Å². The van der Waals surface area contributed by atoms with Crippen LogP contribution >= 0.6 is 15.9 Å². The van der Waals surface area contributed by atoms with Crippen molar-refractivity contribution in [2.24, 2.45) is 0 Å². The molecule has 1 N–H and O–H groups in total. The van der Waals surface area contributed by atoms with E-state index in [9.17, 15) is 0 Å². The highest BCUT2D eigenvalue weighted by molar-refractivity contribution is 9.10. The van der Waals surface area contributed by atoms with Crippen molar-refractivity contribution in [3.8, 4) is 0 Å². The summed E-state index contributed by atoms with van der Waals surface area (Å²) in [6.45, 7) is 5.18. The summed E-state index contributed by atoms with van der Waals surface area (Å²) < 4.78 is 6.22. The molecule has 13 heavy (non-hydrogen) atoms. The van der Waals surface area contributed by atoms with E-state index >= 15 is 0 Å². The topological polar surface area (TPSA) is 25.2 Å². The molecule has 0 amide bonds. The van der Waals surface area contributed by atoms with E-state index < -0.39 is 0 Å². The Morgan fingerprint density at radius 3 is 3.00 bits per heavy atom. The monoisotopic (exact) mass is 243 g/mol. The minimum absolute atomic E-state index is 0.377. The van der Waals surface area contributed by atoms with Crippen LogP contribution in [0.5, 0.6) is 0 Å². The van der Waals surface area contributed by atoms with Gasteiger partial charge in [-0.05, 0) is 41.5 Å². The van der Waals surface area contributed by atoms with Crippen LogP contribution in [0.2, 0.25) is 0 Å². The number of furan rings is 1. The van der Waals surface area contributed by atoms with Gasteiger partial charge in [0.05, 0.1) is 10.7 Å². The normalized spacial score (nSPS) is 13.8. The summed E-state index contributed by atoms with van der Waals surface area (Å²) in [5, 5.41) is 3.28. The van der Waals surface area contributed by atoms with Crippen LogP contribution in [0.4, 0.5) is 0 Å². The molecule has 2 nitrogen and oxygen atoms in total. The van der Waals surface area contributed by atoms with Crippen molar-refractivity contribution in [3.63, 3.8) is 0 Å². The van der Waals surface area contributed by atoms with Crippen LogP contribution in [-0.2, 0) is 0 Å². The zero-order valence-corrected chi connectivity index (χ0v) is 9.47. The Bertz CT molecular complexity index is 280. The van der Waals surface area contributed by atoms with E-state index in [0.29, 0.717) is 6.04 Å². The summed E-state index contributed by atoms with van der Waals surface area (Å²) in [6, 6.07) is 2.26. The van der Waals surface area contributed by atoms with E-state index in [4.69, 9.17) is 4.42 Å². The Morgan fingerprint density at radius 1 is 1.69 bits per heavy atom. The van der Waals surface area contributed by atoms with Crippen molar-refractivity contribution < 1.29 is 4.42 Å². The molecule has 0 saturated heterocycles. The van der Waals surface area contributed by atoms with Crippen LogP contribution in [0.25, 0.3) is 6.08 Å². The van der Waals surface area contributed by atoms with E-state index in [1.807, 2.05) is 12.1 Å². The lowest BCUT2D eigenvalue weighted by molar-refractivity contribution is 0.554. The van der Waals surface area contributed by atoms with Crippen LogP contribution in [0.3, 0.4) is 0 Å². The van der Waals surface area contributed by atoms with Crippen molar-refractivity contribution in [2.45, 2.75) is 19.9 Å². The molecule has 0 fully saturated rings. The predicted octanol–water partition coefficient (Wildman–Crippen LogP) is 3.05. The molecule has 1 rings (SSSR count). The molecule has 1 atom stereocenters.